The van der Waals surface area contributed by atoms with E-state index in [0.717, 1.165) is 25.0 Å². The molecule has 3 unspecified atom stereocenters. The standard InChI is InChI=1S/C10H17NO2/c1-9-4-3-7(5-8(9)11-13)10(9,2)6-12/h7,12-13H,3-6H2,1-2H3/b11-8-. The first-order chi connectivity index (χ1) is 6.08. The van der Waals surface area contributed by atoms with Gasteiger partial charge in [-0.25, -0.2) is 0 Å². The van der Waals surface area contributed by atoms with Crippen molar-refractivity contribution in [2.24, 2.45) is 21.9 Å². The maximum atomic E-state index is 9.45. The van der Waals surface area contributed by atoms with E-state index in [-0.39, 0.29) is 17.4 Å². The molecule has 3 nitrogen and oxygen atoms in total. The third kappa shape index (κ3) is 0.810. The molecule has 0 radical (unpaired) electrons. The number of aliphatic hydroxyl groups is 1. The molecule has 2 N–H and O–H groups in total. The SMILES string of the molecule is CC12CCC(C/C1=N/O)C2(C)CO. The average Bonchev–Trinajstić information content (AvgIpc) is 2.51. The van der Waals surface area contributed by atoms with Crippen molar-refractivity contribution >= 4 is 5.71 Å². The molecule has 0 aliphatic heterocycles. The molecular formula is C10H17NO2. The molecule has 3 heteroatoms. The van der Waals surface area contributed by atoms with Gasteiger partial charge < -0.3 is 10.3 Å². The maximum Gasteiger partial charge on any atom is 0.0639 e. The number of rotatable bonds is 1. The summed E-state index contributed by atoms with van der Waals surface area (Å²) in [5.41, 5.74) is 0.760. The Bertz CT molecular complexity index is 264. The Balaban J connectivity index is 2.45. The van der Waals surface area contributed by atoms with E-state index < -0.39 is 0 Å². The van der Waals surface area contributed by atoms with Crippen molar-refractivity contribution in [3.05, 3.63) is 0 Å². The molecule has 2 fully saturated rings. The van der Waals surface area contributed by atoms with Crippen molar-refractivity contribution in [3.8, 4) is 0 Å². The molecule has 2 saturated carbocycles. The van der Waals surface area contributed by atoms with Gasteiger partial charge in [0.05, 0.1) is 5.71 Å². The van der Waals surface area contributed by atoms with Gasteiger partial charge in [0.15, 0.2) is 0 Å². The fraction of sp³-hybridized carbons (Fsp3) is 0.900. The summed E-state index contributed by atoms with van der Waals surface area (Å²) in [5, 5.41) is 21.7. The van der Waals surface area contributed by atoms with Crippen molar-refractivity contribution < 1.29 is 10.3 Å². The molecule has 0 aromatic rings. The summed E-state index contributed by atoms with van der Waals surface area (Å²) in [5.74, 6) is 0.508. The van der Waals surface area contributed by atoms with E-state index in [0.29, 0.717) is 5.92 Å². The lowest BCUT2D eigenvalue weighted by atomic mass is 9.69. The lowest BCUT2D eigenvalue weighted by Crippen LogP contribution is -2.37. The largest absolute Gasteiger partial charge is 0.411 e. The van der Waals surface area contributed by atoms with E-state index in [1.807, 2.05) is 0 Å². The molecule has 74 valence electrons. The maximum absolute atomic E-state index is 9.45. The first-order valence-electron chi connectivity index (χ1n) is 4.91. The van der Waals surface area contributed by atoms with Gasteiger partial charge in [0.2, 0.25) is 0 Å². The van der Waals surface area contributed by atoms with E-state index in [1.54, 1.807) is 0 Å². The summed E-state index contributed by atoms with van der Waals surface area (Å²) in [6.45, 7) is 4.43. The summed E-state index contributed by atoms with van der Waals surface area (Å²) < 4.78 is 0. The van der Waals surface area contributed by atoms with Crippen molar-refractivity contribution in [1.29, 1.82) is 0 Å². The van der Waals surface area contributed by atoms with Gasteiger partial charge in [-0.1, -0.05) is 19.0 Å². The predicted octanol–water partition coefficient (Wildman–Crippen LogP) is 1.64. The first kappa shape index (κ1) is 9.00. The predicted molar refractivity (Wildman–Crippen MR) is 49.9 cm³/mol. The van der Waals surface area contributed by atoms with Crippen LogP contribution >= 0.6 is 0 Å². The molecular weight excluding hydrogens is 166 g/mol. The Morgan fingerprint density at radius 1 is 1.54 bits per heavy atom. The lowest BCUT2D eigenvalue weighted by molar-refractivity contribution is 0.0629. The van der Waals surface area contributed by atoms with Crippen LogP contribution in [0, 0.1) is 16.7 Å². The highest BCUT2D eigenvalue weighted by atomic mass is 16.4. The molecule has 0 spiro atoms. The second-order valence-electron chi connectivity index (χ2n) is 4.89. The van der Waals surface area contributed by atoms with Crippen LogP contribution in [0.5, 0.6) is 0 Å². The number of hydrogen-bond donors (Lipinski definition) is 2. The monoisotopic (exact) mass is 183 g/mol. The average molecular weight is 183 g/mol. The second kappa shape index (κ2) is 2.47. The molecule has 13 heavy (non-hydrogen) atoms. The summed E-state index contributed by atoms with van der Waals surface area (Å²) in [6, 6.07) is 0. The van der Waals surface area contributed by atoms with E-state index >= 15 is 0 Å². The highest BCUT2D eigenvalue weighted by molar-refractivity contribution is 5.93. The number of aliphatic hydroxyl groups excluding tert-OH is 1. The highest BCUT2D eigenvalue weighted by Gasteiger charge is 2.62. The smallest absolute Gasteiger partial charge is 0.0639 e. The Kier molecular flexibility index (Phi) is 1.71. The van der Waals surface area contributed by atoms with Crippen LogP contribution in [0.3, 0.4) is 0 Å². The molecule has 2 rings (SSSR count). The Morgan fingerprint density at radius 3 is 2.62 bits per heavy atom. The topological polar surface area (TPSA) is 52.8 Å². The third-order valence-corrected chi connectivity index (χ3v) is 4.68. The Morgan fingerprint density at radius 2 is 2.23 bits per heavy atom. The van der Waals surface area contributed by atoms with Crippen LogP contribution in [0.1, 0.15) is 33.1 Å². The normalized spacial score (nSPS) is 51.9. The van der Waals surface area contributed by atoms with Gasteiger partial charge in [-0.05, 0) is 25.2 Å². The van der Waals surface area contributed by atoms with Crippen molar-refractivity contribution in [2.75, 3.05) is 6.61 Å². The van der Waals surface area contributed by atoms with E-state index in [4.69, 9.17) is 5.21 Å². The second-order valence-corrected chi connectivity index (χ2v) is 4.89. The van der Waals surface area contributed by atoms with Crippen LogP contribution in [0.25, 0.3) is 0 Å². The summed E-state index contributed by atoms with van der Waals surface area (Å²) >= 11 is 0. The van der Waals surface area contributed by atoms with Crippen LogP contribution in [0.15, 0.2) is 5.16 Å². The zero-order chi connectivity index (χ0) is 9.69. The van der Waals surface area contributed by atoms with Gasteiger partial charge in [-0.15, -0.1) is 0 Å². The van der Waals surface area contributed by atoms with Crippen LogP contribution in [0.4, 0.5) is 0 Å². The summed E-state index contributed by atoms with van der Waals surface area (Å²) in [4.78, 5) is 0. The van der Waals surface area contributed by atoms with Crippen LogP contribution in [-0.2, 0) is 0 Å². The van der Waals surface area contributed by atoms with Gasteiger partial charge in [0.1, 0.15) is 0 Å². The van der Waals surface area contributed by atoms with Gasteiger partial charge in [0.25, 0.3) is 0 Å². The molecule has 0 heterocycles. The molecule has 0 saturated heterocycles. The molecule has 0 aromatic heterocycles. The summed E-state index contributed by atoms with van der Waals surface area (Å²) in [6.07, 6.45) is 3.07. The number of hydrogen-bond acceptors (Lipinski definition) is 3. The van der Waals surface area contributed by atoms with Gasteiger partial charge >= 0.3 is 0 Å². The molecule has 2 aliphatic carbocycles. The molecule has 2 bridgehead atoms. The Labute approximate surface area is 78.4 Å². The number of fused-ring (bicyclic) bond motifs is 2. The van der Waals surface area contributed by atoms with Gasteiger partial charge in [-0.3, -0.25) is 0 Å². The minimum Gasteiger partial charge on any atom is -0.411 e. The van der Waals surface area contributed by atoms with Gasteiger partial charge in [-0.2, -0.15) is 0 Å². The van der Waals surface area contributed by atoms with Crippen LogP contribution < -0.4 is 0 Å². The molecule has 0 aromatic carbocycles. The van der Waals surface area contributed by atoms with Crippen molar-refractivity contribution in [3.63, 3.8) is 0 Å². The van der Waals surface area contributed by atoms with Crippen molar-refractivity contribution in [2.45, 2.75) is 33.1 Å². The molecule has 3 atom stereocenters. The number of nitrogens with zero attached hydrogens (tertiary/aromatic N) is 1. The zero-order valence-electron chi connectivity index (χ0n) is 8.25. The minimum atomic E-state index is -0.0683. The third-order valence-electron chi connectivity index (χ3n) is 4.68. The molecule has 0 amide bonds. The minimum absolute atomic E-state index is 0.0609. The Hall–Kier alpha value is -0.570. The summed E-state index contributed by atoms with van der Waals surface area (Å²) in [7, 11) is 0. The van der Waals surface area contributed by atoms with Crippen molar-refractivity contribution in [1.82, 2.24) is 0 Å². The van der Waals surface area contributed by atoms with E-state index in [1.165, 1.54) is 0 Å². The lowest BCUT2D eigenvalue weighted by Gasteiger charge is -2.35. The van der Waals surface area contributed by atoms with Crippen LogP contribution in [-0.4, -0.2) is 22.6 Å². The van der Waals surface area contributed by atoms with E-state index in [9.17, 15) is 5.11 Å². The molecule has 2 aliphatic rings. The number of oxime groups is 1. The van der Waals surface area contributed by atoms with E-state index in [2.05, 4.69) is 19.0 Å². The fourth-order valence-corrected chi connectivity index (χ4v) is 3.23. The first-order valence-corrected chi connectivity index (χ1v) is 4.91. The fourth-order valence-electron chi connectivity index (χ4n) is 3.23. The van der Waals surface area contributed by atoms with Crippen LogP contribution in [0.2, 0.25) is 0 Å². The quantitative estimate of drug-likeness (QED) is 0.479. The highest BCUT2D eigenvalue weighted by Crippen LogP contribution is 2.63. The zero-order valence-corrected chi connectivity index (χ0v) is 8.25. The van der Waals surface area contributed by atoms with Gasteiger partial charge in [0, 0.05) is 17.4 Å².